The second-order valence-corrected chi connectivity index (χ2v) is 4.15. The van der Waals surface area contributed by atoms with E-state index in [2.05, 4.69) is 30.6 Å². The van der Waals surface area contributed by atoms with E-state index < -0.39 is 0 Å². The minimum Gasteiger partial charge on any atom is -0.330 e. The summed E-state index contributed by atoms with van der Waals surface area (Å²) in [4.78, 5) is 8.68. The summed E-state index contributed by atoms with van der Waals surface area (Å²) >= 11 is 0. The topological polar surface area (TPSA) is 87.2 Å². The first-order valence-corrected chi connectivity index (χ1v) is 6.44. The number of rotatable bonds is 4. The van der Waals surface area contributed by atoms with Crippen molar-refractivity contribution in [3.05, 3.63) is 24.8 Å². The first-order chi connectivity index (χ1) is 9.85. The zero-order chi connectivity index (χ0) is 13.9. The molecule has 0 aliphatic heterocycles. The smallest absolute Gasteiger partial charge is 0.163 e. The van der Waals surface area contributed by atoms with E-state index in [0.29, 0.717) is 11.4 Å². The molecular formula is C12H14N8. The summed E-state index contributed by atoms with van der Waals surface area (Å²) in [6, 6.07) is 0. The van der Waals surface area contributed by atoms with Gasteiger partial charge in [0.1, 0.15) is 0 Å². The van der Waals surface area contributed by atoms with Gasteiger partial charge in [0.05, 0.1) is 0 Å². The number of nitrogens with zero attached hydrogens (tertiary/aromatic N) is 8. The van der Waals surface area contributed by atoms with E-state index in [9.17, 15) is 0 Å². The quantitative estimate of drug-likeness (QED) is 0.703. The molecule has 0 aromatic carbocycles. The number of aromatic nitrogens is 8. The summed E-state index contributed by atoms with van der Waals surface area (Å²) in [6.45, 7) is 5.67. The molecule has 8 nitrogen and oxygen atoms in total. The molecule has 0 saturated heterocycles. The molecule has 0 unspecified atom stereocenters. The maximum atomic E-state index is 4.34. The third-order valence-corrected chi connectivity index (χ3v) is 3.09. The molecule has 0 spiro atoms. The molecule has 0 fully saturated rings. The van der Waals surface area contributed by atoms with Crippen molar-refractivity contribution in [3.63, 3.8) is 0 Å². The Labute approximate surface area is 115 Å². The van der Waals surface area contributed by atoms with Gasteiger partial charge < -0.3 is 9.13 Å². The van der Waals surface area contributed by atoms with Crippen LogP contribution in [0.5, 0.6) is 0 Å². The van der Waals surface area contributed by atoms with Crippen LogP contribution in [-0.2, 0) is 13.1 Å². The van der Waals surface area contributed by atoms with Crippen LogP contribution in [0.1, 0.15) is 13.8 Å². The van der Waals surface area contributed by atoms with Crippen molar-refractivity contribution in [2.24, 2.45) is 0 Å². The van der Waals surface area contributed by atoms with Crippen LogP contribution in [0.15, 0.2) is 24.8 Å². The summed E-state index contributed by atoms with van der Waals surface area (Å²) in [5.74, 6) is 1.44. The molecule has 3 rings (SSSR count). The minimum atomic E-state index is 0.591. The van der Waals surface area contributed by atoms with Crippen molar-refractivity contribution in [1.82, 2.24) is 39.7 Å². The van der Waals surface area contributed by atoms with E-state index in [1.807, 2.05) is 35.4 Å². The first-order valence-electron chi connectivity index (χ1n) is 6.44. The fourth-order valence-electron chi connectivity index (χ4n) is 2.09. The lowest BCUT2D eigenvalue weighted by atomic mass is 10.2. The molecule has 3 aromatic heterocycles. The molecule has 0 aliphatic rings. The molecule has 0 radical (unpaired) electrons. The highest BCUT2D eigenvalue weighted by Crippen LogP contribution is 2.25. The average Bonchev–Trinajstić information content (AvgIpc) is 3.15. The molecule has 3 heterocycles. The predicted octanol–water partition coefficient (Wildman–Crippen LogP) is 1.03. The van der Waals surface area contributed by atoms with Crippen LogP contribution in [0.4, 0.5) is 0 Å². The van der Waals surface area contributed by atoms with E-state index in [4.69, 9.17) is 0 Å². The lowest BCUT2D eigenvalue weighted by Gasteiger charge is -2.08. The minimum absolute atomic E-state index is 0.591. The Bertz CT molecular complexity index is 652. The molecule has 0 atom stereocenters. The average molecular weight is 270 g/mol. The summed E-state index contributed by atoms with van der Waals surface area (Å²) in [6.07, 6.45) is 7.26. The lowest BCUT2D eigenvalue weighted by molar-refractivity contribution is 0.723. The number of hydrogen-bond donors (Lipinski definition) is 0. The van der Waals surface area contributed by atoms with Crippen molar-refractivity contribution >= 4 is 0 Å². The van der Waals surface area contributed by atoms with Crippen LogP contribution < -0.4 is 0 Å². The summed E-state index contributed by atoms with van der Waals surface area (Å²) in [5.41, 5.74) is 1.18. The van der Waals surface area contributed by atoms with Crippen molar-refractivity contribution in [2.45, 2.75) is 26.9 Å². The SMILES string of the molecule is CCn1ccnc1-c1nnnnc1-c1nccn1CC. The standard InChI is InChI=1S/C12H14N8/c1-3-19-7-5-13-11(19)9-10(16-18-17-15-9)12-14-6-8-20(12)4-2/h5-8H,3-4H2,1-2H3. The Morgan fingerprint density at radius 1 is 0.800 bits per heavy atom. The summed E-state index contributed by atoms with van der Waals surface area (Å²) in [7, 11) is 0. The van der Waals surface area contributed by atoms with Crippen LogP contribution in [-0.4, -0.2) is 39.7 Å². The zero-order valence-electron chi connectivity index (χ0n) is 11.3. The van der Waals surface area contributed by atoms with Crippen LogP contribution in [0.3, 0.4) is 0 Å². The number of imidazole rings is 2. The van der Waals surface area contributed by atoms with Gasteiger partial charge in [-0.3, -0.25) is 0 Å². The molecule has 0 bridgehead atoms. The molecule has 102 valence electrons. The van der Waals surface area contributed by atoms with Gasteiger partial charge in [0.15, 0.2) is 23.0 Å². The molecule has 0 aliphatic carbocycles. The predicted molar refractivity (Wildman–Crippen MR) is 71.4 cm³/mol. The fourth-order valence-corrected chi connectivity index (χ4v) is 2.09. The summed E-state index contributed by atoms with van der Waals surface area (Å²) < 4.78 is 3.96. The molecule has 3 aromatic rings. The van der Waals surface area contributed by atoms with E-state index in [1.165, 1.54) is 0 Å². The van der Waals surface area contributed by atoms with Crippen LogP contribution in [0, 0.1) is 0 Å². The highest BCUT2D eigenvalue weighted by atomic mass is 15.4. The second-order valence-electron chi connectivity index (χ2n) is 4.15. The van der Waals surface area contributed by atoms with Crippen LogP contribution >= 0.6 is 0 Å². The maximum Gasteiger partial charge on any atom is 0.163 e. The van der Waals surface area contributed by atoms with Gasteiger partial charge in [0.25, 0.3) is 0 Å². The van der Waals surface area contributed by atoms with Gasteiger partial charge in [-0.1, -0.05) is 0 Å². The Morgan fingerprint density at radius 2 is 1.25 bits per heavy atom. The molecule has 0 amide bonds. The van der Waals surface area contributed by atoms with Crippen molar-refractivity contribution in [2.75, 3.05) is 0 Å². The van der Waals surface area contributed by atoms with Crippen molar-refractivity contribution in [3.8, 4) is 23.0 Å². The Kier molecular flexibility index (Phi) is 3.20. The van der Waals surface area contributed by atoms with Gasteiger partial charge in [-0.05, 0) is 24.3 Å². The Morgan fingerprint density at radius 3 is 1.65 bits per heavy atom. The fraction of sp³-hybridized carbons (Fsp3) is 0.333. The molecule has 0 saturated carbocycles. The second kappa shape index (κ2) is 5.16. The number of hydrogen-bond acceptors (Lipinski definition) is 6. The van der Waals surface area contributed by atoms with Crippen molar-refractivity contribution < 1.29 is 0 Å². The normalized spacial score (nSPS) is 10.9. The van der Waals surface area contributed by atoms with Gasteiger partial charge in [-0.2, -0.15) is 0 Å². The van der Waals surface area contributed by atoms with E-state index in [-0.39, 0.29) is 0 Å². The summed E-state index contributed by atoms with van der Waals surface area (Å²) in [5, 5.41) is 15.5. The van der Waals surface area contributed by atoms with E-state index in [1.54, 1.807) is 12.4 Å². The largest absolute Gasteiger partial charge is 0.330 e. The monoisotopic (exact) mass is 270 g/mol. The lowest BCUT2D eigenvalue weighted by Crippen LogP contribution is -2.07. The van der Waals surface area contributed by atoms with Gasteiger partial charge in [0, 0.05) is 37.9 Å². The van der Waals surface area contributed by atoms with Gasteiger partial charge in [0.2, 0.25) is 0 Å². The van der Waals surface area contributed by atoms with Crippen molar-refractivity contribution in [1.29, 1.82) is 0 Å². The third-order valence-electron chi connectivity index (χ3n) is 3.09. The van der Waals surface area contributed by atoms with Gasteiger partial charge in [-0.15, -0.1) is 10.2 Å². The van der Waals surface area contributed by atoms with E-state index >= 15 is 0 Å². The molecular weight excluding hydrogens is 256 g/mol. The van der Waals surface area contributed by atoms with Crippen LogP contribution in [0.25, 0.3) is 23.0 Å². The molecule has 8 heteroatoms. The first kappa shape index (κ1) is 12.4. The third kappa shape index (κ3) is 1.94. The van der Waals surface area contributed by atoms with Crippen LogP contribution in [0.2, 0.25) is 0 Å². The Hall–Kier alpha value is -2.64. The van der Waals surface area contributed by atoms with E-state index in [0.717, 1.165) is 24.7 Å². The molecule has 0 N–H and O–H groups in total. The van der Waals surface area contributed by atoms with Gasteiger partial charge in [-0.25, -0.2) is 9.97 Å². The highest BCUT2D eigenvalue weighted by molar-refractivity contribution is 5.69. The zero-order valence-corrected chi connectivity index (χ0v) is 11.3. The van der Waals surface area contributed by atoms with Gasteiger partial charge >= 0.3 is 0 Å². The highest BCUT2D eigenvalue weighted by Gasteiger charge is 2.19. The Balaban J connectivity index is 2.19. The number of aryl methyl sites for hydroxylation is 2. The maximum absolute atomic E-state index is 4.34. The molecule has 20 heavy (non-hydrogen) atoms.